The lowest BCUT2D eigenvalue weighted by Crippen LogP contribution is -2.18. The fraction of sp³-hybridized carbons (Fsp3) is 0.294. The first-order valence-corrected chi connectivity index (χ1v) is 6.88. The molecule has 4 heteroatoms. The smallest absolute Gasteiger partial charge is 0.231 e. The van der Waals surface area contributed by atoms with Crippen molar-refractivity contribution < 1.29 is 9.47 Å². The van der Waals surface area contributed by atoms with Crippen LogP contribution in [0.3, 0.4) is 0 Å². The molecule has 0 aliphatic carbocycles. The van der Waals surface area contributed by atoms with Gasteiger partial charge in [0.25, 0.3) is 0 Å². The highest BCUT2D eigenvalue weighted by Gasteiger charge is 2.15. The molecule has 3 rings (SSSR count). The molecule has 1 unspecified atom stereocenters. The number of hydrogen-bond acceptors (Lipinski definition) is 3. The summed E-state index contributed by atoms with van der Waals surface area (Å²) in [7, 11) is 2.00. The number of hydrogen-bond donors (Lipinski definition) is 1. The van der Waals surface area contributed by atoms with Gasteiger partial charge in [-0.3, -0.25) is 0 Å². The standard InChI is InChI=1S/C17H19NO2.ClH/c1-12-3-6-14(7-4-12)15(18-2)9-13-5-8-16-17(10-13)20-11-19-16;/h3-8,10,15,18H,9,11H2,1-2H3;1H. The number of nitrogens with one attached hydrogen (secondary N) is 1. The van der Waals surface area contributed by atoms with Crippen molar-refractivity contribution in [3.63, 3.8) is 0 Å². The molecule has 0 saturated heterocycles. The summed E-state index contributed by atoms with van der Waals surface area (Å²) in [6, 6.07) is 15.1. The van der Waals surface area contributed by atoms with Crippen molar-refractivity contribution in [1.29, 1.82) is 0 Å². The number of halogens is 1. The van der Waals surface area contributed by atoms with Gasteiger partial charge in [-0.15, -0.1) is 12.4 Å². The fourth-order valence-electron chi connectivity index (χ4n) is 2.49. The molecule has 1 heterocycles. The molecule has 0 fully saturated rings. The van der Waals surface area contributed by atoms with E-state index in [1.165, 1.54) is 16.7 Å². The Bertz CT molecular complexity index is 598. The molecular weight excluding hydrogens is 286 g/mol. The molecule has 112 valence electrons. The Morgan fingerprint density at radius 1 is 1.05 bits per heavy atom. The Hall–Kier alpha value is -1.71. The van der Waals surface area contributed by atoms with Crippen LogP contribution in [0.25, 0.3) is 0 Å². The fourth-order valence-corrected chi connectivity index (χ4v) is 2.49. The van der Waals surface area contributed by atoms with Gasteiger partial charge in [0.15, 0.2) is 11.5 Å². The minimum Gasteiger partial charge on any atom is -0.454 e. The van der Waals surface area contributed by atoms with E-state index in [1.807, 2.05) is 13.1 Å². The lowest BCUT2D eigenvalue weighted by atomic mass is 9.98. The van der Waals surface area contributed by atoms with Crippen LogP contribution in [-0.4, -0.2) is 13.8 Å². The second-order valence-corrected chi connectivity index (χ2v) is 5.14. The average molecular weight is 306 g/mol. The Morgan fingerprint density at radius 3 is 2.48 bits per heavy atom. The van der Waals surface area contributed by atoms with Crippen LogP contribution in [0, 0.1) is 6.92 Å². The van der Waals surface area contributed by atoms with Crippen LogP contribution in [-0.2, 0) is 6.42 Å². The topological polar surface area (TPSA) is 30.5 Å². The number of aryl methyl sites for hydroxylation is 1. The van der Waals surface area contributed by atoms with E-state index >= 15 is 0 Å². The first-order chi connectivity index (χ1) is 9.76. The Labute approximate surface area is 131 Å². The average Bonchev–Trinajstić information content (AvgIpc) is 2.93. The minimum absolute atomic E-state index is 0. The molecule has 0 bridgehead atoms. The molecule has 0 radical (unpaired) electrons. The van der Waals surface area contributed by atoms with Crippen LogP contribution >= 0.6 is 12.4 Å². The van der Waals surface area contributed by atoms with Gasteiger partial charge in [0, 0.05) is 6.04 Å². The second-order valence-electron chi connectivity index (χ2n) is 5.14. The highest BCUT2D eigenvalue weighted by molar-refractivity contribution is 5.85. The van der Waals surface area contributed by atoms with Gasteiger partial charge >= 0.3 is 0 Å². The van der Waals surface area contributed by atoms with E-state index < -0.39 is 0 Å². The van der Waals surface area contributed by atoms with Crippen LogP contribution < -0.4 is 14.8 Å². The van der Waals surface area contributed by atoms with Gasteiger partial charge in [-0.25, -0.2) is 0 Å². The highest BCUT2D eigenvalue weighted by atomic mass is 35.5. The van der Waals surface area contributed by atoms with E-state index in [1.54, 1.807) is 0 Å². The number of ether oxygens (including phenoxy) is 2. The lowest BCUT2D eigenvalue weighted by Gasteiger charge is -2.17. The van der Waals surface area contributed by atoms with E-state index in [0.29, 0.717) is 12.8 Å². The van der Waals surface area contributed by atoms with Gasteiger partial charge < -0.3 is 14.8 Å². The van der Waals surface area contributed by atoms with Gasteiger partial charge in [-0.05, 0) is 43.7 Å². The molecule has 1 aliphatic rings. The molecule has 0 amide bonds. The molecule has 0 spiro atoms. The van der Waals surface area contributed by atoms with Crippen molar-refractivity contribution >= 4 is 12.4 Å². The maximum atomic E-state index is 5.43. The van der Waals surface area contributed by atoms with Crippen LogP contribution in [0.2, 0.25) is 0 Å². The van der Waals surface area contributed by atoms with Gasteiger partial charge in [-0.2, -0.15) is 0 Å². The van der Waals surface area contributed by atoms with Crippen LogP contribution in [0.4, 0.5) is 0 Å². The SMILES string of the molecule is CNC(Cc1ccc2c(c1)OCO2)c1ccc(C)cc1.Cl. The van der Waals surface area contributed by atoms with E-state index in [4.69, 9.17) is 9.47 Å². The molecule has 1 N–H and O–H groups in total. The summed E-state index contributed by atoms with van der Waals surface area (Å²) >= 11 is 0. The van der Waals surface area contributed by atoms with Gasteiger partial charge in [0.05, 0.1) is 0 Å². The number of benzene rings is 2. The van der Waals surface area contributed by atoms with Crippen LogP contribution in [0.1, 0.15) is 22.7 Å². The first kappa shape index (κ1) is 15.7. The monoisotopic (exact) mass is 305 g/mol. The predicted octanol–water partition coefficient (Wildman–Crippen LogP) is 3.65. The maximum absolute atomic E-state index is 5.43. The Morgan fingerprint density at radius 2 is 1.76 bits per heavy atom. The Kier molecular flexibility index (Phi) is 5.10. The molecule has 1 atom stereocenters. The quantitative estimate of drug-likeness (QED) is 0.935. The van der Waals surface area contributed by atoms with E-state index in [-0.39, 0.29) is 12.4 Å². The van der Waals surface area contributed by atoms with E-state index in [2.05, 4.69) is 48.6 Å². The van der Waals surface area contributed by atoms with Crippen molar-refractivity contribution in [3.8, 4) is 11.5 Å². The molecule has 3 nitrogen and oxygen atoms in total. The zero-order chi connectivity index (χ0) is 13.9. The molecule has 21 heavy (non-hydrogen) atoms. The molecule has 2 aromatic rings. The first-order valence-electron chi connectivity index (χ1n) is 6.88. The molecule has 0 aromatic heterocycles. The summed E-state index contributed by atoms with van der Waals surface area (Å²) in [6.45, 7) is 2.43. The zero-order valence-corrected chi connectivity index (χ0v) is 13.1. The van der Waals surface area contributed by atoms with Crippen LogP contribution in [0.5, 0.6) is 11.5 Å². The third-order valence-corrected chi connectivity index (χ3v) is 3.70. The maximum Gasteiger partial charge on any atom is 0.231 e. The number of rotatable bonds is 4. The molecule has 2 aromatic carbocycles. The van der Waals surface area contributed by atoms with Gasteiger partial charge in [-0.1, -0.05) is 35.9 Å². The molecular formula is C17H20ClNO2. The van der Waals surface area contributed by atoms with Crippen molar-refractivity contribution in [1.82, 2.24) is 5.32 Å². The normalized spacial score (nSPS) is 13.6. The predicted molar refractivity (Wildman–Crippen MR) is 86.5 cm³/mol. The summed E-state index contributed by atoms with van der Waals surface area (Å²) < 4.78 is 10.8. The second kappa shape index (κ2) is 6.83. The number of likely N-dealkylation sites (N-methyl/N-ethyl adjacent to an activating group) is 1. The Balaban J connectivity index is 0.00000161. The third-order valence-electron chi connectivity index (χ3n) is 3.70. The largest absolute Gasteiger partial charge is 0.454 e. The molecule has 1 aliphatic heterocycles. The van der Waals surface area contributed by atoms with Crippen LogP contribution in [0.15, 0.2) is 42.5 Å². The number of fused-ring (bicyclic) bond motifs is 1. The minimum atomic E-state index is 0. The third kappa shape index (κ3) is 3.49. The van der Waals surface area contributed by atoms with Crippen molar-refractivity contribution in [3.05, 3.63) is 59.2 Å². The lowest BCUT2D eigenvalue weighted by molar-refractivity contribution is 0.174. The van der Waals surface area contributed by atoms with Gasteiger partial charge in [0.2, 0.25) is 6.79 Å². The van der Waals surface area contributed by atoms with Gasteiger partial charge in [0.1, 0.15) is 0 Å². The summed E-state index contributed by atoms with van der Waals surface area (Å²) in [6.07, 6.45) is 0.927. The van der Waals surface area contributed by atoms with E-state index in [9.17, 15) is 0 Å². The summed E-state index contributed by atoms with van der Waals surface area (Å²) in [5.74, 6) is 1.69. The van der Waals surface area contributed by atoms with E-state index in [0.717, 1.165) is 17.9 Å². The highest BCUT2D eigenvalue weighted by Crippen LogP contribution is 2.33. The van der Waals surface area contributed by atoms with Crippen molar-refractivity contribution in [2.75, 3.05) is 13.8 Å². The van der Waals surface area contributed by atoms with Crippen molar-refractivity contribution in [2.45, 2.75) is 19.4 Å². The summed E-state index contributed by atoms with van der Waals surface area (Å²) in [5, 5.41) is 3.38. The summed E-state index contributed by atoms with van der Waals surface area (Å²) in [4.78, 5) is 0. The zero-order valence-electron chi connectivity index (χ0n) is 12.3. The molecule has 0 saturated carbocycles. The summed E-state index contributed by atoms with van der Waals surface area (Å²) in [5.41, 5.74) is 3.83. The van der Waals surface area contributed by atoms with Crippen molar-refractivity contribution in [2.24, 2.45) is 0 Å².